The van der Waals surface area contributed by atoms with Gasteiger partial charge < -0.3 is 14.7 Å². The number of aliphatic carboxylic acids is 1. The van der Waals surface area contributed by atoms with Gasteiger partial charge in [-0.15, -0.1) is 0 Å². The number of likely N-dealkylation sites (tertiary alicyclic amines) is 1. The van der Waals surface area contributed by atoms with Crippen molar-refractivity contribution in [3.8, 4) is 5.75 Å². The Labute approximate surface area is 202 Å². The number of carboxylic acid groups (broad SMARTS) is 1. The van der Waals surface area contributed by atoms with E-state index in [9.17, 15) is 14.7 Å². The van der Waals surface area contributed by atoms with E-state index < -0.39 is 17.9 Å². The molecule has 1 amide bonds. The molecule has 1 aliphatic rings. The minimum atomic E-state index is -0.863. The van der Waals surface area contributed by atoms with Crippen molar-refractivity contribution < 1.29 is 19.4 Å². The zero-order valence-electron chi connectivity index (χ0n) is 20.5. The van der Waals surface area contributed by atoms with Gasteiger partial charge in [0.05, 0.1) is 19.6 Å². The van der Waals surface area contributed by atoms with Gasteiger partial charge in [-0.05, 0) is 42.2 Å². The second-order valence-electron chi connectivity index (χ2n) is 8.99. The third-order valence-electron chi connectivity index (χ3n) is 6.71. The fourth-order valence-corrected chi connectivity index (χ4v) is 4.86. The molecule has 0 bridgehead atoms. The van der Waals surface area contributed by atoms with Gasteiger partial charge in [-0.2, -0.15) is 0 Å². The maximum absolute atomic E-state index is 13.4. The quantitative estimate of drug-likeness (QED) is 0.499. The maximum Gasteiger partial charge on any atom is 0.309 e. The molecule has 184 valence electrons. The zero-order valence-corrected chi connectivity index (χ0v) is 20.5. The Morgan fingerprint density at radius 2 is 1.76 bits per heavy atom. The van der Waals surface area contributed by atoms with Gasteiger partial charge in [-0.25, -0.2) is 0 Å². The van der Waals surface area contributed by atoms with Crippen LogP contribution in [-0.2, 0) is 9.59 Å². The third-order valence-corrected chi connectivity index (χ3v) is 6.71. The van der Waals surface area contributed by atoms with Gasteiger partial charge in [-0.1, -0.05) is 44.9 Å². The summed E-state index contributed by atoms with van der Waals surface area (Å²) >= 11 is 0. The van der Waals surface area contributed by atoms with Crippen LogP contribution in [-0.4, -0.2) is 65.1 Å². The first kappa shape index (κ1) is 25.7. The molecule has 1 aromatic carbocycles. The molecule has 2 aromatic rings. The van der Waals surface area contributed by atoms with Crippen LogP contribution in [0.1, 0.15) is 62.6 Å². The van der Waals surface area contributed by atoms with E-state index in [1.54, 1.807) is 19.5 Å². The lowest BCUT2D eigenvalue weighted by atomic mass is 9.83. The van der Waals surface area contributed by atoms with E-state index in [0.717, 1.165) is 49.9 Å². The minimum Gasteiger partial charge on any atom is -0.497 e. The second kappa shape index (κ2) is 12.5. The molecule has 1 fully saturated rings. The number of methoxy groups -OCH3 is 1. The van der Waals surface area contributed by atoms with Crippen LogP contribution in [0.15, 0.2) is 48.8 Å². The van der Waals surface area contributed by atoms with Crippen molar-refractivity contribution in [2.45, 2.75) is 51.5 Å². The Balaban J connectivity index is 1.94. The molecule has 1 aliphatic heterocycles. The zero-order chi connectivity index (χ0) is 24.5. The largest absolute Gasteiger partial charge is 0.497 e. The molecule has 0 saturated carbocycles. The van der Waals surface area contributed by atoms with Crippen molar-refractivity contribution in [1.29, 1.82) is 0 Å². The van der Waals surface area contributed by atoms with Gasteiger partial charge in [-0.3, -0.25) is 19.5 Å². The summed E-state index contributed by atoms with van der Waals surface area (Å²) < 4.78 is 5.30. The molecule has 1 saturated heterocycles. The molecule has 1 N–H and O–H groups in total. The normalized spacial score (nSPS) is 20.3. The number of hydrogen-bond donors (Lipinski definition) is 1. The summed E-state index contributed by atoms with van der Waals surface area (Å²) in [7, 11) is 1.61. The number of carboxylic acids is 1. The van der Waals surface area contributed by atoms with E-state index >= 15 is 0 Å². The number of carbonyl (C=O) groups excluding carboxylic acids is 1. The number of carbonyl (C=O) groups is 2. The smallest absolute Gasteiger partial charge is 0.309 e. The van der Waals surface area contributed by atoms with Gasteiger partial charge in [0.15, 0.2) is 0 Å². The number of unbranched alkanes of at least 4 members (excludes halogenated alkanes) is 2. The highest BCUT2D eigenvalue weighted by molar-refractivity contribution is 5.79. The molecule has 0 unspecified atom stereocenters. The Bertz CT molecular complexity index is 911. The van der Waals surface area contributed by atoms with Crippen LogP contribution < -0.4 is 4.74 Å². The predicted octanol–water partition coefficient (Wildman–Crippen LogP) is 4.36. The molecular formula is C27H37N3O4. The molecule has 0 radical (unpaired) electrons. The molecule has 7 nitrogen and oxygen atoms in total. The van der Waals surface area contributed by atoms with Crippen LogP contribution in [0.5, 0.6) is 5.75 Å². The van der Waals surface area contributed by atoms with Crippen molar-refractivity contribution in [2.75, 3.05) is 33.3 Å². The topological polar surface area (TPSA) is 83.0 Å². The van der Waals surface area contributed by atoms with E-state index in [0.29, 0.717) is 12.3 Å². The molecule has 34 heavy (non-hydrogen) atoms. The number of benzene rings is 1. The second-order valence-corrected chi connectivity index (χ2v) is 8.99. The summed E-state index contributed by atoms with van der Waals surface area (Å²) in [5, 5.41) is 10.3. The van der Waals surface area contributed by atoms with Gasteiger partial charge in [0.2, 0.25) is 5.91 Å². The lowest BCUT2D eigenvalue weighted by Crippen LogP contribution is -2.42. The summed E-state index contributed by atoms with van der Waals surface area (Å²) in [5.41, 5.74) is 1.76. The van der Waals surface area contributed by atoms with Crippen LogP contribution in [0.25, 0.3) is 0 Å². The minimum absolute atomic E-state index is 0.0661. The van der Waals surface area contributed by atoms with Gasteiger partial charge in [0.1, 0.15) is 5.75 Å². The van der Waals surface area contributed by atoms with Crippen LogP contribution in [0.2, 0.25) is 0 Å². The van der Waals surface area contributed by atoms with Crippen LogP contribution in [0.3, 0.4) is 0 Å². The van der Waals surface area contributed by atoms with E-state index in [1.165, 1.54) is 0 Å². The van der Waals surface area contributed by atoms with Crippen LogP contribution in [0, 0.1) is 5.92 Å². The number of hydrogen-bond acceptors (Lipinski definition) is 5. The summed E-state index contributed by atoms with van der Waals surface area (Å²) in [6.07, 6.45) is 7.42. The highest BCUT2D eigenvalue weighted by Crippen LogP contribution is 2.46. The summed E-state index contributed by atoms with van der Waals surface area (Å²) in [5.74, 6) is -1.03. The summed E-state index contributed by atoms with van der Waals surface area (Å²) in [6.45, 7) is 6.41. The Hall–Kier alpha value is -2.93. The number of rotatable bonds is 12. The molecule has 3 atom stereocenters. The number of amides is 1. The van der Waals surface area contributed by atoms with Crippen molar-refractivity contribution in [2.24, 2.45) is 5.92 Å². The van der Waals surface area contributed by atoms with Crippen LogP contribution >= 0.6 is 0 Å². The molecular weight excluding hydrogens is 430 g/mol. The standard InChI is InChI=1S/C27H37N3O4/c1-4-6-15-29(16-7-5-2)24(31)19-30-18-23(21-9-8-14-28-17-21)25(27(32)33)26(30)20-10-12-22(34-3)13-11-20/h8-14,17,23,25-26H,4-7,15-16,18-19H2,1-3H3,(H,32,33)/t23-,25-,26+/m0/s1. The number of aromatic nitrogens is 1. The Kier molecular flexibility index (Phi) is 9.45. The average Bonchev–Trinajstić information content (AvgIpc) is 3.24. The van der Waals surface area contributed by atoms with E-state index in [-0.39, 0.29) is 18.4 Å². The number of nitrogens with zero attached hydrogens (tertiary/aromatic N) is 3. The Morgan fingerprint density at radius 3 is 2.29 bits per heavy atom. The molecule has 1 aromatic heterocycles. The first-order valence-electron chi connectivity index (χ1n) is 12.3. The van der Waals surface area contributed by atoms with Gasteiger partial charge in [0, 0.05) is 44.0 Å². The summed E-state index contributed by atoms with van der Waals surface area (Å²) in [4.78, 5) is 34.2. The van der Waals surface area contributed by atoms with Gasteiger partial charge >= 0.3 is 5.97 Å². The lowest BCUT2D eigenvalue weighted by molar-refractivity contribution is -0.144. The number of ether oxygens (including phenoxy) is 1. The fourth-order valence-electron chi connectivity index (χ4n) is 4.86. The van der Waals surface area contributed by atoms with E-state index in [4.69, 9.17) is 4.74 Å². The molecule has 0 aliphatic carbocycles. The molecule has 3 rings (SSSR count). The highest BCUT2D eigenvalue weighted by atomic mass is 16.5. The van der Waals surface area contributed by atoms with Crippen molar-refractivity contribution in [1.82, 2.24) is 14.8 Å². The van der Waals surface area contributed by atoms with Crippen molar-refractivity contribution >= 4 is 11.9 Å². The summed E-state index contributed by atoms with van der Waals surface area (Å²) in [6, 6.07) is 10.9. The lowest BCUT2D eigenvalue weighted by Gasteiger charge is -2.30. The first-order chi connectivity index (χ1) is 16.5. The highest BCUT2D eigenvalue weighted by Gasteiger charge is 2.48. The monoisotopic (exact) mass is 467 g/mol. The van der Waals surface area contributed by atoms with E-state index in [2.05, 4.69) is 18.8 Å². The van der Waals surface area contributed by atoms with Crippen molar-refractivity contribution in [3.05, 3.63) is 59.9 Å². The SMILES string of the molecule is CCCCN(CCCC)C(=O)CN1C[C@@H](c2cccnc2)[C@H](C(=O)O)[C@H]1c1ccc(OC)cc1. The predicted molar refractivity (Wildman–Crippen MR) is 132 cm³/mol. The van der Waals surface area contributed by atoms with Crippen LogP contribution in [0.4, 0.5) is 0 Å². The molecule has 7 heteroatoms. The maximum atomic E-state index is 13.4. The van der Waals surface area contributed by atoms with Crippen molar-refractivity contribution in [3.63, 3.8) is 0 Å². The first-order valence-corrected chi connectivity index (χ1v) is 12.3. The van der Waals surface area contributed by atoms with Gasteiger partial charge in [0.25, 0.3) is 0 Å². The molecule has 0 spiro atoms. The average molecular weight is 468 g/mol. The third kappa shape index (κ3) is 6.14. The molecule has 2 heterocycles. The number of pyridine rings is 1. The Morgan fingerprint density at radius 1 is 1.09 bits per heavy atom. The van der Waals surface area contributed by atoms with E-state index in [1.807, 2.05) is 46.2 Å². The fraction of sp³-hybridized carbons (Fsp3) is 0.519.